The van der Waals surface area contributed by atoms with Crippen LogP contribution < -0.4 is 5.32 Å². The van der Waals surface area contributed by atoms with Gasteiger partial charge in [-0.2, -0.15) is 0 Å². The maximum atomic E-state index is 4.67. The van der Waals surface area contributed by atoms with Gasteiger partial charge in [0.2, 0.25) is 0 Å². The molecule has 6 heteroatoms. The molecular weight excluding hydrogens is 306 g/mol. The van der Waals surface area contributed by atoms with Crippen LogP contribution in [0, 0.1) is 0 Å². The van der Waals surface area contributed by atoms with Gasteiger partial charge in [-0.25, -0.2) is 15.0 Å². The van der Waals surface area contributed by atoms with Crippen molar-refractivity contribution in [2.75, 3.05) is 12.4 Å². The Morgan fingerprint density at radius 2 is 2.11 bits per heavy atom. The van der Waals surface area contributed by atoms with Gasteiger partial charge in [0.05, 0.1) is 22.7 Å². The number of nitrogens with one attached hydrogen (secondary N) is 1. The van der Waals surface area contributed by atoms with Crippen LogP contribution in [0.3, 0.4) is 0 Å². The van der Waals surface area contributed by atoms with Crippen molar-refractivity contribution in [1.29, 1.82) is 0 Å². The van der Waals surface area contributed by atoms with E-state index in [0.717, 1.165) is 28.2 Å². The van der Waals surface area contributed by atoms with E-state index in [-0.39, 0.29) is 0 Å². The molecule has 0 aliphatic rings. The molecule has 0 saturated carbocycles. The van der Waals surface area contributed by atoms with Crippen molar-refractivity contribution in [2.24, 2.45) is 0 Å². The molecule has 2 rings (SSSR count). The monoisotopic (exact) mass is 323 g/mol. The predicted molar refractivity (Wildman–Crippen MR) is 80.3 cm³/mol. The van der Waals surface area contributed by atoms with Crippen LogP contribution in [0.4, 0.5) is 5.82 Å². The van der Waals surface area contributed by atoms with Crippen molar-refractivity contribution < 1.29 is 0 Å². The number of nitrogens with zero attached hydrogens (tertiary/aromatic N) is 4. The van der Waals surface area contributed by atoms with Crippen LogP contribution in [-0.4, -0.2) is 26.6 Å². The fraction of sp³-hybridized carbons (Fsp3) is 0.462. The molecule has 2 aromatic rings. The molecule has 5 nitrogen and oxygen atoms in total. The molecule has 0 amide bonds. The van der Waals surface area contributed by atoms with E-state index in [1.54, 1.807) is 12.5 Å². The summed E-state index contributed by atoms with van der Waals surface area (Å²) >= 11 is 3.57. The fourth-order valence-electron chi connectivity index (χ4n) is 1.89. The maximum absolute atomic E-state index is 4.67. The number of imidazole rings is 1. The molecule has 0 spiro atoms. The molecule has 2 heterocycles. The summed E-state index contributed by atoms with van der Waals surface area (Å²) in [5, 5.41) is 3.10. The Kier molecular flexibility index (Phi) is 4.19. The van der Waals surface area contributed by atoms with E-state index in [4.69, 9.17) is 0 Å². The Morgan fingerprint density at radius 3 is 2.68 bits per heavy atom. The SMILES string of the molecule is CCn1cncc1-c1nc(NC)c(Br)c(C(C)C)n1. The molecule has 1 N–H and O–H groups in total. The van der Waals surface area contributed by atoms with E-state index in [2.05, 4.69) is 57.0 Å². The molecule has 0 atom stereocenters. The van der Waals surface area contributed by atoms with Crippen molar-refractivity contribution in [3.8, 4) is 11.5 Å². The van der Waals surface area contributed by atoms with Gasteiger partial charge in [-0.3, -0.25) is 0 Å². The number of aromatic nitrogens is 4. The number of hydrogen-bond acceptors (Lipinski definition) is 4. The third kappa shape index (κ3) is 2.63. The third-order valence-electron chi connectivity index (χ3n) is 2.94. The van der Waals surface area contributed by atoms with Crippen LogP contribution in [0.25, 0.3) is 11.5 Å². The Hall–Kier alpha value is -1.43. The largest absolute Gasteiger partial charge is 0.372 e. The first-order chi connectivity index (χ1) is 9.08. The van der Waals surface area contributed by atoms with Gasteiger partial charge in [0.15, 0.2) is 5.82 Å². The normalized spacial score (nSPS) is 11.1. The summed E-state index contributed by atoms with van der Waals surface area (Å²) in [6.07, 6.45) is 3.60. The van der Waals surface area contributed by atoms with Crippen LogP contribution in [0.15, 0.2) is 17.0 Å². The average Bonchev–Trinajstić information content (AvgIpc) is 2.87. The molecule has 0 unspecified atom stereocenters. The topological polar surface area (TPSA) is 55.6 Å². The summed E-state index contributed by atoms with van der Waals surface area (Å²) in [5.74, 6) is 1.83. The first-order valence-corrected chi connectivity index (χ1v) is 7.13. The summed E-state index contributed by atoms with van der Waals surface area (Å²) in [4.78, 5) is 13.4. The van der Waals surface area contributed by atoms with E-state index < -0.39 is 0 Å². The van der Waals surface area contributed by atoms with Gasteiger partial charge in [0.1, 0.15) is 11.5 Å². The van der Waals surface area contributed by atoms with Crippen molar-refractivity contribution >= 4 is 21.7 Å². The highest BCUT2D eigenvalue weighted by Gasteiger charge is 2.16. The van der Waals surface area contributed by atoms with Gasteiger partial charge in [-0.15, -0.1) is 0 Å². The third-order valence-corrected chi connectivity index (χ3v) is 3.72. The lowest BCUT2D eigenvalue weighted by Crippen LogP contribution is -2.06. The second kappa shape index (κ2) is 5.69. The molecule has 2 aromatic heterocycles. The summed E-state index contributed by atoms with van der Waals surface area (Å²) < 4.78 is 2.96. The molecular formula is C13H18BrN5. The van der Waals surface area contributed by atoms with E-state index in [1.807, 2.05) is 11.6 Å². The van der Waals surface area contributed by atoms with Crippen molar-refractivity contribution in [1.82, 2.24) is 19.5 Å². The maximum Gasteiger partial charge on any atom is 0.180 e. The lowest BCUT2D eigenvalue weighted by atomic mass is 10.1. The lowest BCUT2D eigenvalue weighted by Gasteiger charge is -2.13. The zero-order chi connectivity index (χ0) is 14.0. The zero-order valence-electron chi connectivity index (χ0n) is 11.6. The number of halogens is 1. The van der Waals surface area contributed by atoms with Gasteiger partial charge >= 0.3 is 0 Å². The summed E-state index contributed by atoms with van der Waals surface area (Å²) in [6, 6.07) is 0. The molecule has 102 valence electrons. The number of hydrogen-bond donors (Lipinski definition) is 1. The van der Waals surface area contributed by atoms with Gasteiger partial charge in [-0.1, -0.05) is 13.8 Å². The smallest absolute Gasteiger partial charge is 0.180 e. The van der Waals surface area contributed by atoms with Crippen molar-refractivity contribution in [3.05, 3.63) is 22.7 Å². The van der Waals surface area contributed by atoms with Crippen LogP contribution >= 0.6 is 15.9 Å². The van der Waals surface area contributed by atoms with Gasteiger partial charge < -0.3 is 9.88 Å². The van der Waals surface area contributed by atoms with Crippen LogP contribution in [0.1, 0.15) is 32.4 Å². The number of anilines is 1. The molecule has 0 aliphatic heterocycles. The minimum Gasteiger partial charge on any atom is -0.372 e. The highest BCUT2D eigenvalue weighted by atomic mass is 79.9. The fourth-order valence-corrected chi connectivity index (χ4v) is 2.72. The minimum atomic E-state index is 0.321. The lowest BCUT2D eigenvalue weighted by molar-refractivity contribution is 0.757. The summed E-state index contributed by atoms with van der Waals surface area (Å²) in [7, 11) is 1.86. The number of rotatable bonds is 4. The minimum absolute atomic E-state index is 0.321. The Balaban J connectivity index is 2.61. The molecule has 0 fully saturated rings. The van der Waals surface area contributed by atoms with Crippen molar-refractivity contribution in [2.45, 2.75) is 33.2 Å². The highest BCUT2D eigenvalue weighted by molar-refractivity contribution is 9.10. The molecule has 0 aromatic carbocycles. The molecule has 0 radical (unpaired) electrons. The summed E-state index contributed by atoms with van der Waals surface area (Å²) in [5.41, 5.74) is 1.94. The van der Waals surface area contributed by atoms with E-state index >= 15 is 0 Å². The van der Waals surface area contributed by atoms with Gasteiger partial charge in [-0.05, 0) is 28.8 Å². The average molecular weight is 324 g/mol. The standard InChI is InChI=1S/C13H18BrN5/c1-5-19-7-16-6-9(19)12-17-11(8(2)3)10(14)13(15-4)18-12/h6-8H,5H2,1-4H3,(H,15,17,18). The van der Waals surface area contributed by atoms with Crippen LogP contribution in [0.2, 0.25) is 0 Å². The molecule has 0 saturated heterocycles. The quantitative estimate of drug-likeness (QED) is 0.938. The zero-order valence-corrected chi connectivity index (χ0v) is 13.2. The first kappa shape index (κ1) is 14.0. The predicted octanol–water partition coefficient (Wildman–Crippen LogP) is 3.29. The van der Waals surface area contributed by atoms with Gasteiger partial charge in [0.25, 0.3) is 0 Å². The Bertz CT molecular complexity index is 576. The second-order valence-electron chi connectivity index (χ2n) is 4.56. The molecule has 0 bridgehead atoms. The van der Waals surface area contributed by atoms with E-state index in [0.29, 0.717) is 11.7 Å². The highest BCUT2D eigenvalue weighted by Crippen LogP contribution is 2.31. The second-order valence-corrected chi connectivity index (χ2v) is 5.36. The Labute approximate surface area is 121 Å². The first-order valence-electron chi connectivity index (χ1n) is 6.34. The van der Waals surface area contributed by atoms with Crippen molar-refractivity contribution in [3.63, 3.8) is 0 Å². The van der Waals surface area contributed by atoms with Crippen LogP contribution in [0.5, 0.6) is 0 Å². The van der Waals surface area contributed by atoms with E-state index in [9.17, 15) is 0 Å². The van der Waals surface area contributed by atoms with Crippen LogP contribution in [-0.2, 0) is 6.54 Å². The van der Waals surface area contributed by atoms with Gasteiger partial charge in [0, 0.05) is 13.6 Å². The Morgan fingerprint density at radius 1 is 1.37 bits per heavy atom. The molecule has 19 heavy (non-hydrogen) atoms. The molecule has 0 aliphatic carbocycles. The van der Waals surface area contributed by atoms with E-state index in [1.165, 1.54) is 0 Å². The summed E-state index contributed by atoms with van der Waals surface area (Å²) in [6.45, 7) is 7.16. The number of aryl methyl sites for hydroxylation is 1.